The van der Waals surface area contributed by atoms with Gasteiger partial charge in [0.2, 0.25) is 5.91 Å². The number of thiophene rings is 1. The summed E-state index contributed by atoms with van der Waals surface area (Å²) in [6.07, 6.45) is 1.73. The van der Waals surface area contributed by atoms with Gasteiger partial charge in [0, 0.05) is 28.8 Å². The number of rotatable bonds is 6. The fraction of sp³-hybridized carbons (Fsp3) is 0.167. The van der Waals surface area contributed by atoms with E-state index in [4.69, 9.17) is 5.11 Å². The van der Waals surface area contributed by atoms with E-state index in [2.05, 4.69) is 10.3 Å². The molecule has 1 amide bonds. The first-order valence-corrected chi connectivity index (χ1v) is 8.40. The number of amides is 1. The van der Waals surface area contributed by atoms with Crippen molar-refractivity contribution in [1.29, 1.82) is 0 Å². The van der Waals surface area contributed by atoms with E-state index in [9.17, 15) is 9.59 Å². The van der Waals surface area contributed by atoms with Crippen LogP contribution < -0.4 is 5.32 Å². The molecule has 1 aromatic carbocycles. The SMILES string of the molecule is O=C(O)C[C@@H](CC(=O)Nc1cccc2cccnc12)c1cccs1. The molecule has 0 unspecified atom stereocenters. The largest absolute Gasteiger partial charge is 0.481 e. The van der Waals surface area contributed by atoms with Crippen molar-refractivity contribution in [2.75, 3.05) is 5.32 Å². The van der Waals surface area contributed by atoms with Crippen LogP contribution in [-0.2, 0) is 9.59 Å². The summed E-state index contributed by atoms with van der Waals surface area (Å²) in [5.74, 6) is -1.45. The zero-order valence-corrected chi connectivity index (χ0v) is 13.6. The predicted octanol–water partition coefficient (Wildman–Crippen LogP) is 3.88. The number of aromatic nitrogens is 1. The van der Waals surface area contributed by atoms with E-state index in [1.54, 1.807) is 12.3 Å². The first kappa shape index (κ1) is 16.1. The third-order valence-corrected chi connectivity index (χ3v) is 4.74. The van der Waals surface area contributed by atoms with Gasteiger partial charge in [-0.25, -0.2) is 0 Å². The number of anilines is 1. The summed E-state index contributed by atoms with van der Waals surface area (Å²) in [5.41, 5.74) is 1.36. The lowest BCUT2D eigenvalue weighted by molar-refractivity contribution is -0.137. The number of nitrogens with zero attached hydrogens (tertiary/aromatic N) is 1. The molecule has 2 aromatic heterocycles. The highest BCUT2D eigenvalue weighted by atomic mass is 32.1. The van der Waals surface area contributed by atoms with Gasteiger partial charge in [0.05, 0.1) is 17.6 Å². The summed E-state index contributed by atoms with van der Waals surface area (Å²) in [5, 5.41) is 14.8. The third kappa shape index (κ3) is 3.78. The minimum absolute atomic E-state index is 0.0677. The Labute approximate surface area is 143 Å². The number of carboxylic acid groups (broad SMARTS) is 1. The highest BCUT2D eigenvalue weighted by molar-refractivity contribution is 7.10. The van der Waals surface area contributed by atoms with Gasteiger partial charge in [-0.2, -0.15) is 0 Å². The van der Waals surface area contributed by atoms with E-state index in [0.29, 0.717) is 5.69 Å². The maximum absolute atomic E-state index is 12.4. The molecule has 3 rings (SSSR count). The molecule has 3 aromatic rings. The Kier molecular flexibility index (Phi) is 4.86. The van der Waals surface area contributed by atoms with E-state index in [0.717, 1.165) is 15.8 Å². The molecule has 0 aliphatic rings. The van der Waals surface area contributed by atoms with Crippen molar-refractivity contribution in [2.45, 2.75) is 18.8 Å². The Morgan fingerprint density at radius 3 is 2.71 bits per heavy atom. The van der Waals surface area contributed by atoms with E-state index in [1.165, 1.54) is 11.3 Å². The fourth-order valence-corrected chi connectivity index (χ4v) is 3.47. The van der Waals surface area contributed by atoms with E-state index in [-0.39, 0.29) is 24.7 Å². The number of carbonyl (C=O) groups excluding carboxylic acids is 1. The number of fused-ring (bicyclic) bond motifs is 1. The van der Waals surface area contributed by atoms with Gasteiger partial charge in [-0.05, 0) is 23.6 Å². The standard InChI is InChI=1S/C18H16N2O3S/c21-16(10-13(11-17(22)23)15-7-3-9-24-15)20-14-6-1-4-12-5-2-8-19-18(12)14/h1-9,13H,10-11H2,(H,20,21)(H,22,23)/t13-/m1/s1. The second-order valence-corrected chi connectivity index (χ2v) is 6.42. The molecule has 2 N–H and O–H groups in total. The molecule has 0 aliphatic heterocycles. The van der Waals surface area contributed by atoms with Gasteiger partial charge in [0.1, 0.15) is 0 Å². The highest BCUT2D eigenvalue weighted by Gasteiger charge is 2.20. The number of pyridine rings is 1. The predicted molar refractivity (Wildman–Crippen MR) is 94.3 cm³/mol. The van der Waals surface area contributed by atoms with Gasteiger partial charge in [-0.1, -0.05) is 24.3 Å². The lowest BCUT2D eigenvalue weighted by atomic mass is 9.99. The zero-order valence-electron chi connectivity index (χ0n) is 12.8. The number of benzene rings is 1. The molecule has 0 spiro atoms. The Balaban J connectivity index is 1.77. The molecule has 0 bridgehead atoms. The summed E-state index contributed by atoms with van der Waals surface area (Å²) in [4.78, 5) is 28.7. The molecular formula is C18H16N2O3S. The van der Waals surface area contributed by atoms with Crippen molar-refractivity contribution >= 4 is 39.8 Å². The number of hydrogen-bond acceptors (Lipinski definition) is 4. The molecule has 0 fully saturated rings. The molecule has 5 nitrogen and oxygen atoms in total. The summed E-state index contributed by atoms with van der Waals surface area (Å²) in [6, 6.07) is 13.1. The molecular weight excluding hydrogens is 324 g/mol. The average Bonchev–Trinajstić information content (AvgIpc) is 3.08. The monoisotopic (exact) mass is 340 g/mol. The fourth-order valence-electron chi connectivity index (χ4n) is 2.64. The first-order chi connectivity index (χ1) is 11.6. The van der Waals surface area contributed by atoms with Crippen LogP contribution in [0.3, 0.4) is 0 Å². The summed E-state index contributed by atoms with van der Waals surface area (Å²) >= 11 is 1.47. The first-order valence-electron chi connectivity index (χ1n) is 7.52. The van der Waals surface area contributed by atoms with Crippen LogP contribution in [-0.4, -0.2) is 22.0 Å². The third-order valence-electron chi connectivity index (χ3n) is 3.71. The molecule has 0 saturated heterocycles. The van der Waals surface area contributed by atoms with E-state index in [1.807, 2.05) is 41.8 Å². The van der Waals surface area contributed by atoms with Crippen LogP contribution >= 0.6 is 11.3 Å². The van der Waals surface area contributed by atoms with Crippen LogP contribution in [0.15, 0.2) is 54.0 Å². The molecule has 6 heteroatoms. The van der Waals surface area contributed by atoms with Crippen LogP contribution in [0.25, 0.3) is 10.9 Å². The van der Waals surface area contributed by atoms with Crippen LogP contribution in [0, 0.1) is 0 Å². The number of hydrogen-bond donors (Lipinski definition) is 2. The van der Waals surface area contributed by atoms with Crippen molar-refractivity contribution in [1.82, 2.24) is 4.98 Å². The minimum atomic E-state index is -0.909. The van der Waals surface area contributed by atoms with Crippen LogP contribution in [0.5, 0.6) is 0 Å². The molecule has 0 aliphatic carbocycles. The van der Waals surface area contributed by atoms with Gasteiger partial charge in [-0.3, -0.25) is 14.6 Å². The lowest BCUT2D eigenvalue weighted by Crippen LogP contribution is -2.17. The maximum Gasteiger partial charge on any atom is 0.304 e. The maximum atomic E-state index is 12.4. The second-order valence-electron chi connectivity index (χ2n) is 5.44. The topological polar surface area (TPSA) is 79.3 Å². The Morgan fingerprint density at radius 1 is 1.12 bits per heavy atom. The molecule has 24 heavy (non-hydrogen) atoms. The van der Waals surface area contributed by atoms with Crippen LogP contribution in [0.2, 0.25) is 0 Å². The molecule has 1 atom stereocenters. The minimum Gasteiger partial charge on any atom is -0.481 e. The van der Waals surface area contributed by atoms with Crippen molar-refractivity contribution in [2.24, 2.45) is 0 Å². The highest BCUT2D eigenvalue weighted by Crippen LogP contribution is 2.29. The molecule has 0 saturated carbocycles. The number of carbonyl (C=O) groups is 2. The number of nitrogens with one attached hydrogen (secondary N) is 1. The smallest absolute Gasteiger partial charge is 0.304 e. The summed E-state index contributed by atoms with van der Waals surface area (Å²) < 4.78 is 0. The van der Waals surface area contributed by atoms with Crippen molar-refractivity contribution in [3.05, 3.63) is 58.9 Å². The van der Waals surface area contributed by atoms with Gasteiger partial charge in [0.25, 0.3) is 0 Å². The van der Waals surface area contributed by atoms with Gasteiger partial charge in [0.15, 0.2) is 0 Å². The zero-order chi connectivity index (χ0) is 16.9. The van der Waals surface area contributed by atoms with Crippen LogP contribution in [0.4, 0.5) is 5.69 Å². The van der Waals surface area contributed by atoms with Gasteiger partial charge >= 0.3 is 5.97 Å². The number of para-hydroxylation sites is 1. The Bertz CT molecular complexity index is 856. The lowest BCUT2D eigenvalue weighted by Gasteiger charge is -2.14. The quantitative estimate of drug-likeness (QED) is 0.713. The van der Waals surface area contributed by atoms with Gasteiger partial charge in [-0.15, -0.1) is 11.3 Å². The summed E-state index contributed by atoms with van der Waals surface area (Å²) in [7, 11) is 0. The summed E-state index contributed by atoms with van der Waals surface area (Å²) in [6.45, 7) is 0. The Morgan fingerprint density at radius 2 is 1.96 bits per heavy atom. The van der Waals surface area contributed by atoms with Crippen molar-refractivity contribution < 1.29 is 14.7 Å². The molecule has 122 valence electrons. The normalized spacial score (nSPS) is 12.0. The number of aliphatic carboxylic acids is 1. The molecule has 0 radical (unpaired) electrons. The van der Waals surface area contributed by atoms with Gasteiger partial charge < -0.3 is 10.4 Å². The number of carboxylic acids is 1. The molecule has 2 heterocycles. The second kappa shape index (κ2) is 7.23. The van der Waals surface area contributed by atoms with Crippen molar-refractivity contribution in [3.63, 3.8) is 0 Å². The average molecular weight is 340 g/mol. The van der Waals surface area contributed by atoms with Crippen molar-refractivity contribution in [3.8, 4) is 0 Å². The van der Waals surface area contributed by atoms with E-state index < -0.39 is 5.97 Å². The Hall–Kier alpha value is -2.73. The van der Waals surface area contributed by atoms with Crippen LogP contribution in [0.1, 0.15) is 23.6 Å². The van der Waals surface area contributed by atoms with E-state index >= 15 is 0 Å².